The number of carbonyl (C=O) groups excluding carboxylic acids is 1. The number of carboxylic acid groups (broad SMARTS) is 1. The first-order valence-electron chi connectivity index (χ1n) is 9.47. The number of nitrogens with one attached hydrogen (secondary N) is 2. The molecule has 27 heavy (non-hydrogen) atoms. The van der Waals surface area contributed by atoms with Crippen molar-refractivity contribution < 1.29 is 24.2 Å². The Balaban J connectivity index is 1.25. The van der Waals surface area contributed by atoms with Crippen molar-refractivity contribution in [3.05, 3.63) is 23.8 Å². The molecular formula is C19H25N3O5. The molecule has 146 valence electrons. The number of rotatable bonds is 5. The van der Waals surface area contributed by atoms with Crippen LogP contribution in [0.5, 0.6) is 11.5 Å². The number of benzene rings is 1. The standard InChI is InChI=1S/C19H25N3O5/c23-18(8-12-1-2-16-17(7-12)27-11-26-16)22-5-3-13(4-6-22)15-9-14(20-21-15)10-19(24)25/h1-2,7,13-15,20-21H,3-6,8-11H2,(H,24,25). The summed E-state index contributed by atoms with van der Waals surface area (Å²) in [7, 11) is 0. The number of hydrogen-bond donors (Lipinski definition) is 3. The van der Waals surface area contributed by atoms with E-state index in [9.17, 15) is 9.59 Å². The zero-order valence-electron chi connectivity index (χ0n) is 15.1. The van der Waals surface area contributed by atoms with Gasteiger partial charge in [0.25, 0.3) is 0 Å². The number of fused-ring (bicyclic) bond motifs is 1. The molecule has 0 aromatic heterocycles. The van der Waals surface area contributed by atoms with Gasteiger partial charge in [0.1, 0.15) is 0 Å². The van der Waals surface area contributed by atoms with Crippen LogP contribution in [-0.4, -0.2) is 53.8 Å². The van der Waals surface area contributed by atoms with Crippen molar-refractivity contribution in [2.24, 2.45) is 5.92 Å². The minimum absolute atomic E-state index is 0.0156. The number of ether oxygens (including phenoxy) is 2. The fraction of sp³-hybridized carbons (Fsp3) is 0.579. The Labute approximate surface area is 157 Å². The molecule has 8 nitrogen and oxygen atoms in total. The summed E-state index contributed by atoms with van der Waals surface area (Å²) in [6.07, 6.45) is 3.20. The third-order valence-electron chi connectivity index (χ3n) is 5.69. The van der Waals surface area contributed by atoms with Crippen LogP contribution in [0.4, 0.5) is 0 Å². The van der Waals surface area contributed by atoms with Gasteiger partial charge in [0.2, 0.25) is 12.7 Å². The van der Waals surface area contributed by atoms with Crippen LogP contribution < -0.4 is 20.3 Å². The largest absolute Gasteiger partial charge is 0.481 e. The van der Waals surface area contributed by atoms with Crippen molar-refractivity contribution in [2.45, 2.75) is 44.2 Å². The fourth-order valence-corrected chi connectivity index (χ4v) is 4.19. The highest BCUT2D eigenvalue weighted by Gasteiger charge is 2.34. The molecule has 3 heterocycles. The lowest BCUT2D eigenvalue weighted by molar-refractivity contribution is -0.137. The first-order chi connectivity index (χ1) is 13.1. The van der Waals surface area contributed by atoms with E-state index in [2.05, 4.69) is 10.9 Å². The van der Waals surface area contributed by atoms with Gasteiger partial charge in [-0.05, 0) is 42.9 Å². The van der Waals surface area contributed by atoms with E-state index in [1.165, 1.54) is 0 Å². The predicted octanol–water partition coefficient (Wildman–Crippen LogP) is 0.906. The molecule has 3 N–H and O–H groups in total. The van der Waals surface area contributed by atoms with Crippen molar-refractivity contribution in [1.29, 1.82) is 0 Å². The Morgan fingerprint density at radius 2 is 1.93 bits per heavy atom. The number of carboxylic acids is 1. The maximum atomic E-state index is 12.6. The molecule has 1 amide bonds. The van der Waals surface area contributed by atoms with Crippen LogP contribution in [0.3, 0.4) is 0 Å². The molecule has 2 atom stereocenters. The van der Waals surface area contributed by atoms with Gasteiger partial charge in [0, 0.05) is 25.2 Å². The molecule has 2 fully saturated rings. The molecule has 8 heteroatoms. The van der Waals surface area contributed by atoms with E-state index >= 15 is 0 Å². The van der Waals surface area contributed by atoms with Gasteiger partial charge in [-0.15, -0.1) is 0 Å². The van der Waals surface area contributed by atoms with Crippen molar-refractivity contribution >= 4 is 11.9 Å². The number of nitrogens with zero attached hydrogens (tertiary/aromatic N) is 1. The molecule has 3 aliphatic rings. The molecule has 4 rings (SSSR count). The highest BCUT2D eigenvalue weighted by molar-refractivity contribution is 5.79. The van der Waals surface area contributed by atoms with Crippen molar-refractivity contribution in [3.8, 4) is 11.5 Å². The number of hydrazine groups is 1. The zero-order valence-corrected chi connectivity index (χ0v) is 15.1. The molecule has 1 aromatic carbocycles. The van der Waals surface area contributed by atoms with E-state index in [0.29, 0.717) is 18.1 Å². The topological polar surface area (TPSA) is 100 Å². The lowest BCUT2D eigenvalue weighted by atomic mass is 9.87. The summed E-state index contributed by atoms with van der Waals surface area (Å²) < 4.78 is 10.7. The van der Waals surface area contributed by atoms with Crippen molar-refractivity contribution in [3.63, 3.8) is 0 Å². The monoisotopic (exact) mass is 375 g/mol. The quantitative estimate of drug-likeness (QED) is 0.703. The van der Waals surface area contributed by atoms with Crippen molar-refractivity contribution in [2.75, 3.05) is 19.9 Å². The molecule has 3 aliphatic heterocycles. The zero-order chi connectivity index (χ0) is 18.8. The minimum Gasteiger partial charge on any atom is -0.481 e. The second kappa shape index (κ2) is 7.74. The normalized spacial score (nSPS) is 25.0. The highest BCUT2D eigenvalue weighted by atomic mass is 16.7. The maximum absolute atomic E-state index is 12.6. The van der Waals surface area contributed by atoms with E-state index in [1.54, 1.807) is 0 Å². The van der Waals surface area contributed by atoms with Gasteiger partial charge >= 0.3 is 5.97 Å². The van der Waals surface area contributed by atoms with Crippen molar-refractivity contribution in [1.82, 2.24) is 15.8 Å². The molecule has 0 bridgehead atoms. The fourth-order valence-electron chi connectivity index (χ4n) is 4.19. The molecule has 0 spiro atoms. The van der Waals surface area contributed by atoms with E-state index in [1.807, 2.05) is 23.1 Å². The predicted molar refractivity (Wildman–Crippen MR) is 96.3 cm³/mol. The number of hydrogen-bond acceptors (Lipinski definition) is 6. The molecule has 0 aliphatic carbocycles. The minimum atomic E-state index is -0.779. The molecule has 2 unspecified atom stereocenters. The Kier molecular flexibility index (Phi) is 5.18. The smallest absolute Gasteiger partial charge is 0.304 e. The second-order valence-electron chi connectivity index (χ2n) is 7.51. The SMILES string of the molecule is O=C(O)CC1CC(C2CCN(C(=O)Cc3ccc4c(c3)OCO4)CC2)NN1. The Bertz CT molecular complexity index is 717. The van der Waals surface area contributed by atoms with E-state index in [-0.39, 0.29) is 31.2 Å². The summed E-state index contributed by atoms with van der Waals surface area (Å²) in [5.41, 5.74) is 7.27. The summed E-state index contributed by atoms with van der Waals surface area (Å²) in [6, 6.07) is 5.90. The van der Waals surface area contributed by atoms with Crippen LogP contribution in [0.2, 0.25) is 0 Å². The first kappa shape index (κ1) is 18.1. The summed E-state index contributed by atoms with van der Waals surface area (Å²) in [5, 5.41) is 8.91. The van der Waals surface area contributed by atoms with Crippen LogP contribution >= 0.6 is 0 Å². The van der Waals surface area contributed by atoms with E-state index in [0.717, 1.165) is 43.7 Å². The van der Waals surface area contributed by atoms with Gasteiger partial charge in [-0.2, -0.15) is 0 Å². The van der Waals surface area contributed by atoms with E-state index < -0.39 is 5.97 Å². The molecular weight excluding hydrogens is 350 g/mol. The van der Waals surface area contributed by atoms with Gasteiger partial charge < -0.3 is 19.5 Å². The molecule has 0 saturated carbocycles. The Hall–Kier alpha value is -2.32. The van der Waals surface area contributed by atoms with Gasteiger partial charge in [-0.3, -0.25) is 20.4 Å². The summed E-state index contributed by atoms with van der Waals surface area (Å²) >= 11 is 0. The van der Waals surface area contributed by atoms with Crippen LogP contribution in [0.15, 0.2) is 18.2 Å². The van der Waals surface area contributed by atoms with Crippen LogP contribution in [-0.2, 0) is 16.0 Å². The summed E-state index contributed by atoms with van der Waals surface area (Å²) in [6.45, 7) is 1.73. The van der Waals surface area contributed by atoms with Crippen LogP contribution in [0.1, 0.15) is 31.2 Å². The molecule has 1 aromatic rings. The maximum Gasteiger partial charge on any atom is 0.304 e. The second-order valence-corrected chi connectivity index (χ2v) is 7.51. The Morgan fingerprint density at radius 1 is 1.15 bits per heavy atom. The average Bonchev–Trinajstić information content (AvgIpc) is 3.30. The Morgan fingerprint density at radius 3 is 2.70 bits per heavy atom. The lowest BCUT2D eigenvalue weighted by Gasteiger charge is -2.34. The third-order valence-corrected chi connectivity index (χ3v) is 5.69. The molecule has 2 saturated heterocycles. The number of likely N-dealkylation sites (tertiary alicyclic amines) is 1. The van der Waals surface area contributed by atoms with Gasteiger partial charge in [0.05, 0.1) is 12.8 Å². The highest BCUT2D eigenvalue weighted by Crippen LogP contribution is 2.33. The number of piperidine rings is 1. The number of carbonyl (C=O) groups is 2. The average molecular weight is 375 g/mol. The van der Waals surface area contributed by atoms with Crippen LogP contribution in [0, 0.1) is 5.92 Å². The number of aliphatic carboxylic acids is 1. The summed E-state index contributed by atoms with van der Waals surface area (Å²) in [4.78, 5) is 25.4. The number of amides is 1. The van der Waals surface area contributed by atoms with Gasteiger partial charge in [-0.1, -0.05) is 6.07 Å². The van der Waals surface area contributed by atoms with Gasteiger partial charge in [0.15, 0.2) is 11.5 Å². The lowest BCUT2D eigenvalue weighted by Crippen LogP contribution is -2.45. The van der Waals surface area contributed by atoms with Crippen LogP contribution in [0.25, 0.3) is 0 Å². The first-order valence-corrected chi connectivity index (χ1v) is 9.47. The third kappa shape index (κ3) is 4.17. The molecule has 0 radical (unpaired) electrons. The van der Waals surface area contributed by atoms with E-state index in [4.69, 9.17) is 14.6 Å². The van der Waals surface area contributed by atoms with Gasteiger partial charge in [-0.25, -0.2) is 0 Å². The summed E-state index contributed by atoms with van der Waals surface area (Å²) in [5.74, 6) is 1.25.